The van der Waals surface area contributed by atoms with E-state index in [1.54, 1.807) is 0 Å². The molecule has 2 N–H and O–H groups in total. The standard InChI is InChI=1S/C10H7F2N3/c11-7-3-1-2-6(10(7)12)8-4-15-9(13)5-14-8/h1-5H,(H2,13,15). The maximum atomic E-state index is 13.3. The molecule has 0 aliphatic rings. The van der Waals surface area contributed by atoms with Gasteiger partial charge in [-0.25, -0.2) is 13.8 Å². The van der Waals surface area contributed by atoms with Crippen LogP contribution in [0.1, 0.15) is 0 Å². The highest BCUT2D eigenvalue weighted by Crippen LogP contribution is 2.21. The maximum absolute atomic E-state index is 13.3. The van der Waals surface area contributed by atoms with E-state index in [-0.39, 0.29) is 17.1 Å². The summed E-state index contributed by atoms with van der Waals surface area (Å²) in [4.78, 5) is 7.61. The van der Waals surface area contributed by atoms with Gasteiger partial charge in [0.2, 0.25) is 0 Å². The van der Waals surface area contributed by atoms with Crippen LogP contribution < -0.4 is 5.73 Å². The Kier molecular flexibility index (Phi) is 2.29. The molecule has 0 unspecified atom stereocenters. The summed E-state index contributed by atoms with van der Waals surface area (Å²) in [5.41, 5.74) is 5.65. The molecule has 0 amide bonds. The van der Waals surface area contributed by atoms with Crippen LogP contribution in [-0.4, -0.2) is 9.97 Å². The van der Waals surface area contributed by atoms with Crippen molar-refractivity contribution in [2.45, 2.75) is 0 Å². The summed E-state index contributed by atoms with van der Waals surface area (Å²) in [6, 6.07) is 3.88. The largest absolute Gasteiger partial charge is 0.382 e. The first kappa shape index (κ1) is 9.51. The number of halogens is 2. The lowest BCUT2D eigenvalue weighted by atomic mass is 10.1. The minimum Gasteiger partial charge on any atom is -0.382 e. The smallest absolute Gasteiger partial charge is 0.168 e. The van der Waals surface area contributed by atoms with Crippen molar-refractivity contribution >= 4 is 5.82 Å². The number of nitrogens with two attached hydrogens (primary N) is 1. The molecule has 0 fully saturated rings. The fourth-order valence-electron chi connectivity index (χ4n) is 1.18. The summed E-state index contributed by atoms with van der Waals surface area (Å²) in [5, 5.41) is 0. The van der Waals surface area contributed by atoms with Gasteiger partial charge in [-0.05, 0) is 12.1 Å². The minimum absolute atomic E-state index is 0.0718. The summed E-state index contributed by atoms with van der Waals surface area (Å²) in [6.45, 7) is 0. The maximum Gasteiger partial charge on any atom is 0.168 e. The zero-order chi connectivity index (χ0) is 10.8. The van der Waals surface area contributed by atoms with Crippen LogP contribution in [0.5, 0.6) is 0 Å². The zero-order valence-corrected chi connectivity index (χ0v) is 7.61. The fourth-order valence-corrected chi connectivity index (χ4v) is 1.18. The van der Waals surface area contributed by atoms with E-state index in [1.165, 1.54) is 24.5 Å². The van der Waals surface area contributed by atoms with Crippen LogP contribution in [0.25, 0.3) is 11.3 Å². The van der Waals surface area contributed by atoms with Crippen LogP contribution in [0.3, 0.4) is 0 Å². The monoisotopic (exact) mass is 207 g/mol. The van der Waals surface area contributed by atoms with Crippen molar-refractivity contribution in [3.63, 3.8) is 0 Å². The third-order valence-corrected chi connectivity index (χ3v) is 1.90. The van der Waals surface area contributed by atoms with Gasteiger partial charge in [0.05, 0.1) is 18.1 Å². The average molecular weight is 207 g/mol. The molecular weight excluding hydrogens is 200 g/mol. The second kappa shape index (κ2) is 3.61. The van der Waals surface area contributed by atoms with E-state index >= 15 is 0 Å². The SMILES string of the molecule is Nc1cnc(-c2cccc(F)c2F)cn1. The molecule has 3 nitrogen and oxygen atoms in total. The van der Waals surface area contributed by atoms with Gasteiger partial charge >= 0.3 is 0 Å². The number of benzene rings is 1. The number of hydrogen-bond acceptors (Lipinski definition) is 3. The second-order valence-electron chi connectivity index (χ2n) is 2.93. The average Bonchev–Trinajstić information content (AvgIpc) is 2.24. The Labute approximate surface area is 84.6 Å². The normalized spacial score (nSPS) is 10.3. The van der Waals surface area contributed by atoms with Gasteiger partial charge in [0, 0.05) is 5.56 Å². The molecule has 0 saturated carbocycles. The Balaban J connectivity index is 2.54. The van der Waals surface area contributed by atoms with Crippen LogP contribution in [0, 0.1) is 11.6 Å². The number of rotatable bonds is 1. The number of hydrogen-bond donors (Lipinski definition) is 1. The Hall–Kier alpha value is -2.04. The highest BCUT2D eigenvalue weighted by Gasteiger charge is 2.10. The molecular formula is C10H7F2N3. The predicted molar refractivity (Wildman–Crippen MR) is 51.8 cm³/mol. The number of aromatic nitrogens is 2. The molecule has 0 saturated heterocycles. The van der Waals surface area contributed by atoms with Gasteiger partial charge in [-0.15, -0.1) is 0 Å². The van der Waals surface area contributed by atoms with Gasteiger partial charge in [0.1, 0.15) is 5.82 Å². The van der Waals surface area contributed by atoms with Crippen molar-refractivity contribution in [3.8, 4) is 11.3 Å². The van der Waals surface area contributed by atoms with Crippen LogP contribution in [0.15, 0.2) is 30.6 Å². The molecule has 0 aliphatic carbocycles. The van der Waals surface area contributed by atoms with Crippen molar-refractivity contribution in [3.05, 3.63) is 42.2 Å². The summed E-state index contributed by atoms with van der Waals surface area (Å²) in [7, 11) is 0. The van der Waals surface area contributed by atoms with E-state index < -0.39 is 11.6 Å². The van der Waals surface area contributed by atoms with Crippen molar-refractivity contribution in [2.75, 3.05) is 5.73 Å². The first-order valence-electron chi connectivity index (χ1n) is 4.20. The molecule has 2 aromatic rings. The van der Waals surface area contributed by atoms with Crippen LogP contribution in [-0.2, 0) is 0 Å². The number of nitrogens with zero attached hydrogens (tertiary/aromatic N) is 2. The molecule has 2 rings (SSSR count). The summed E-state index contributed by atoms with van der Waals surface area (Å²) in [6.07, 6.45) is 2.59. The van der Waals surface area contributed by atoms with E-state index in [0.29, 0.717) is 0 Å². The van der Waals surface area contributed by atoms with E-state index in [4.69, 9.17) is 5.73 Å². The summed E-state index contributed by atoms with van der Waals surface area (Å²) in [5.74, 6) is -1.61. The Morgan fingerprint density at radius 1 is 1.07 bits per heavy atom. The highest BCUT2D eigenvalue weighted by molar-refractivity contribution is 5.59. The lowest BCUT2D eigenvalue weighted by molar-refractivity contribution is 0.511. The van der Waals surface area contributed by atoms with E-state index in [1.807, 2.05) is 0 Å². The molecule has 0 radical (unpaired) electrons. The molecule has 1 aromatic carbocycles. The van der Waals surface area contributed by atoms with E-state index in [9.17, 15) is 8.78 Å². The van der Waals surface area contributed by atoms with Crippen LogP contribution in [0.2, 0.25) is 0 Å². The molecule has 1 heterocycles. The quantitative estimate of drug-likeness (QED) is 0.778. The lowest BCUT2D eigenvalue weighted by Crippen LogP contribution is -1.95. The molecule has 0 aliphatic heterocycles. The van der Waals surface area contributed by atoms with Crippen molar-refractivity contribution < 1.29 is 8.78 Å². The second-order valence-corrected chi connectivity index (χ2v) is 2.93. The van der Waals surface area contributed by atoms with Gasteiger partial charge in [0.25, 0.3) is 0 Å². The Morgan fingerprint density at radius 3 is 2.53 bits per heavy atom. The molecule has 0 atom stereocenters. The lowest BCUT2D eigenvalue weighted by Gasteiger charge is -2.02. The molecule has 0 spiro atoms. The first-order chi connectivity index (χ1) is 7.18. The Bertz CT molecular complexity index is 483. The fraction of sp³-hybridized carbons (Fsp3) is 0. The molecule has 0 bridgehead atoms. The van der Waals surface area contributed by atoms with E-state index in [0.717, 1.165) is 6.07 Å². The van der Waals surface area contributed by atoms with E-state index in [2.05, 4.69) is 9.97 Å². The topological polar surface area (TPSA) is 51.8 Å². The molecule has 5 heteroatoms. The minimum atomic E-state index is -0.934. The first-order valence-corrected chi connectivity index (χ1v) is 4.20. The van der Waals surface area contributed by atoms with Crippen LogP contribution in [0.4, 0.5) is 14.6 Å². The van der Waals surface area contributed by atoms with Gasteiger partial charge < -0.3 is 5.73 Å². The number of anilines is 1. The summed E-state index contributed by atoms with van der Waals surface area (Å²) >= 11 is 0. The number of nitrogen functional groups attached to an aromatic ring is 1. The van der Waals surface area contributed by atoms with Crippen molar-refractivity contribution in [1.82, 2.24) is 9.97 Å². The molecule has 1 aromatic heterocycles. The van der Waals surface area contributed by atoms with Crippen molar-refractivity contribution in [1.29, 1.82) is 0 Å². The predicted octanol–water partition coefficient (Wildman–Crippen LogP) is 2.00. The van der Waals surface area contributed by atoms with Gasteiger partial charge in [-0.2, -0.15) is 0 Å². The summed E-state index contributed by atoms with van der Waals surface area (Å²) < 4.78 is 26.2. The Morgan fingerprint density at radius 2 is 1.87 bits per heavy atom. The van der Waals surface area contributed by atoms with Crippen LogP contribution >= 0.6 is 0 Å². The van der Waals surface area contributed by atoms with Gasteiger partial charge in [0.15, 0.2) is 11.6 Å². The zero-order valence-electron chi connectivity index (χ0n) is 7.61. The van der Waals surface area contributed by atoms with Crippen molar-refractivity contribution in [2.24, 2.45) is 0 Å². The molecule has 76 valence electrons. The molecule has 15 heavy (non-hydrogen) atoms. The van der Waals surface area contributed by atoms with Gasteiger partial charge in [-0.1, -0.05) is 6.07 Å². The van der Waals surface area contributed by atoms with Gasteiger partial charge in [-0.3, -0.25) is 4.98 Å². The third-order valence-electron chi connectivity index (χ3n) is 1.90. The third kappa shape index (κ3) is 1.76. The highest BCUT2D eigenvalue weighted by atomic mass is 19.2.